The number of ether oxygens (including phenoxy) is 4. The largest absolute Gasteiger partial charge is 0.497 e. The molecule has 11 heteroatoms. The minimum Gasteiger partial charge on any atom is -0.497 e. The summed E-state index contributed by atoms with van der Waals surface area (Å²) in [6.45, 7) is 1.37. The Morgan fingerprint density at radius 1 is 0.872 bits per heavy atom. The van der Waals surface area contributed by atoms with Gasteiger partial charge in [0.25, 0.3) is 5.76 Å². The maximum Gasteiger partial charge on any atom is 0.453 e. The minimum absolute atomic E-state index is 0.0175. The first-order valence-electron chi connectivity index (χ1n) is 11.5. The number of alkyl halides is 3. The molecule has 0 aliphatic carbocycles. The van der Waals surface area contributed by atoms with E-state index in [1.807, 2.05) is 0 Å². The smallest absolute Gasteiger partial charge is 0.453 e. The summed E-state index contributed by atoms with van der Waals surface area (Å²) >= 11 is 0. The number of hydrogen-bond donors (Lipinski definition) is 0. The number of ketones is 1. The molecule has 0 aliphatic rings. The van der Waals surface area contributed by atoms with Crippen LogP contribution in [0.2, 0.25) is 0 Å². The summed E-state index contributed by atoms with van der Waals surface area (Å²) in [4.78, 5) is 37.2. The van der Waals surface area contributed by atoms with E-state index in [2.05, 4.69) is 0 Å². The Labute approximate surface area is 219 Å². The Morgan fingerprint density at radius 3 is 2.10 bits per heavy atom. The highest BCUT2D eigenvalue weighted by Gasteiger charge is 2.40. The molecule has 0 radical (unpaired) electrons. The summed E-state index contributed by atoms with van der Waals surface area (Å²) in [5.74, 6) is -3.26. The van der Waals surface area contributed by atoms with Gasteiger partial charge in [0.15, 0.2) is 12.4 Å². The van der Waals surface area contributed by atoms with Gasteiger partial charge in [0.2, 0.25) is 11.2 Å². The molecule has 0 unspecified atom stereocenters. The fourth-order valence-corrected chi connectivity index (χ4v) is 3.53. The van der Waals surface area contributed by atoms with E-state index in [4.69, 9.17) is 23.4 Å². The van der Waals surface area contributed by atoms with Gasteiger partial charge >= 0.3 is 12.1 Å². The van der Waals surface area contributed by atoms with Crippen LogP contribution in [0.4, 0.5) is 13.2 Å². The number of carbonyl (C=O) groups is 2. The molecule has 1 heterocycles. The van der Waals surface area contributed by atoms with Gasteiger partial charge < -0.3 is 23.4 Å². The van der Waals surface area contributed by atoms with Crippen LogP contribution in [0.25, 0.3) is 11.0 Å². The van der Waals surface area contributed by atoms with E-state index in [1.165, 1.54) is 43.5 Å². The molecule has 4 aromatic rings. The number of Topliss-reactive ketones (excluding diaryl/α,β-unsaturated/α-hetero) is 1. The topological polar surface area (TPSA) is 101 Å². The maximum absolute atomic E-state index is 13.9. The third kappa shape index (κ3) is 6.20. The number of esters is 1. The zero-order chi connectivity index (χ0) is 28.2. The molecule has 4 rings (SSSR count). The number of halogens is 3. The van der Waals surface area contributed by atoms with Crippen LogP contribution in [-0.4, -0.2) is 32.1 Å². The quantitative estimate of drug-likeness (QED) is 0.186. The number of methoxy groups -OCH3 is 1. The fourth-order valence-electron chi connectivity index (χ4n) is 3.53. The molecule has 202 valence electrons. The number of hydrogen-bond acceptors (Lipinski definition) is 8. The molecular weight excluding hydrogens is 521 g/mol. The van der Waals surface area contributed by atoms with E-state index in [9.17, 15) is 27.6 Å². The lowest BCUT2D eigenvalue weighted by molar-refractivity contribution is -0.154. The average Bonchev–Trinajstić information content (AvgIpc) is 2.93. The van der Waals surface area contributed by atoms with E-state index in [0.29, 0.717) is 11.3 Å². The van der Waals surface area contributed by atoms with Gasteiger partial charge in [-0.15, -0.1) is 0 Å². The summed E-state index contributed by atoms with van der Waals surface area (Å²) in [5, 5.41) is -0.199. The van der Waals surface area contributed by atoms with Crippen molar-refractivity contribution in [2.75, 3.05) is 20.3 Å². The monoisotopic (exact) mass is 542 g/mol. The molecule has 0 amide bonds. The summed E-state index contributed by atoms with van der Waals surface area (Å²) < 4.78 is 67.2. The molecule has 1 aromatic heterocycles. The summed E-state index contributed by atoms with van der Waals surface area (Å²) in [6.07, 6.45) is -5.07. The molecule has 39 heavy (non-hydrogen) atoms. The van der Waals surface area contributed by atoms with E-state index in [-0.39, 0.29) is 34.8 Å². The molecule has 0 bridgehead atoms. The van der Waals surface area contributed by atoms with Crippen molar-refractivity contribution in [3.8, 4) is 23.0 Å². The minimum atomic E-state index is -5.07. The van der Waals surface area contributed by atoms with Crippen molar-refractivity contribution in [2.45, 2.75) is 13.1 Å². The number of carbonyl (C=O) groups excluding carboxylic acids is 2. The second-order valence-corrected chi connectivity index (χ2v) is 8.03. The van der Waals surface area contributed by atoms with Crippen molar-refractivity contribution in [1.82, 2.24) is 0 Å². The molecule has 3 aromatic carbocycles. The first-order valence-corrected chi connectivity index (χ1v) is 11.5. The lowest BCUT2D eigenvalue weighted by Gasteiger charge is -2.14. The van der Waals surface area contributed by atoms with Crippen molar-refractivity contribution in [2.24, 2.45) is 0 Å². The van der Waals surface area contributed by atoms with Gasteiger partial charge in [0.1, 0.15) is 22.8 Å². The SMILES string of the molecule is CCOC(=O)c1ccc(Oc2c(C(F)(F)F)oc3cc(OCC(=O)c4ccc(OC)cc4)ccc3c2=O)cc1. The second-order valence-electron chi connectivity index (χ2n) is 8.03. The zero-order valence-electron chi connectivity index (χ0n) is 20.7. The predicted octanol–water partition coefficient (Wildman–Crippen LogP) is 6.05. The second kappa shape index (κ2) is 11.3. The van der Waals surface area contributed by atoms with Crippen LogP contribution in [0, 0.1) is 0 Å². The summed E-state index contributed by atoms with van der Waals surface area (Å²) in [6, 6.07) is 15.0. The molecule has 0 spiro atoms. The van der Waals surface area contributed by atoms with Gasteiger partial charge in [0.05, 0.1) is 24.7 Å². The van der Waals surface area contributed by atoms with Gasteiger partial charge in [-0.3, -0.25) is 9.59 Å². The Bertz CT molecular complexity index is 1560. The van der Waals surface area contributed by atoms with E-state index >= 15 is 0 Å². The van der Waals surface area contributed by atoms with Gasteiger partial charge in [-0.1, -0.05) is 0 Å². The lowest BCUT2D eigenvalue weighted by Crippen LogP contribution is -2.16. The van der Waals surface area contributed by atoms with Crippen LogP contribution in [0.15, 0.2) is 75.9 Å². The molecule has 0 N–H and O–H groups in total. The highest BCUT2D eigenvalue weighted by Crippen LogP contribution is 2.38. The van der Waals surface area contributed by atoms with Crippen molar-refractivity contribution in [3.05, 3.63) is 93.8 Å². The van der Waals surface area contributed by atoms with Crippen LogP contribution >= 0.6 is 0 Å². The van der Waals surface area contributed by atoms with Gasteiger partial charge in [-0.2, -0.15) is 13.2 Å². The molecule has 0 saturated carbocycles. The molecule has 0 aliphatic heterocycles. The first-order chi connectivity index (χ1) is 18.6. The average molecular weight is 542 g/mol. The Hall–Kier alpha value is -4.80. The Kier molecular flexibility index (Phi) is 7.89. The van der Waals surface area contributed by atoms with E-state index in [1.54, 1.807) is 31.2 Å². The van der Waals surface area contributed by atoms with Crippen LogP contribution in [-0.2, 0) is 10.9 Å². The van der Waals surface area contributed by atoms with Crippen LogP contribution in [0.5, 0.6) is 23.0 Å². The van der Waals surface area contributed by atoms with Crippen molar-refractivity contribution < 1.29 is 46.1 Å². The lowest BCUT2D eigenvalue weighted by atomic mass is 10.1. The predicted molar refractivity (Wildman–Crippen MR) is 133 cm³/mol. The van der Waals surface area contributed by atoms with Gasteiger partial charge in [-0.25, -0.2) is 4.79 Å². The van der Waals surface area contributed by atoms with Crippen LogP contribution in [0.3, 0.4) is 0 Å². The number of rotatable bonds is 9. The van der Waals surface area contributed by atoms with Crippen LogP contribution < -0.4 is 19.6 Å². The highest BCUT2D eigenvalue weighted by molar-refractivity contribution is 5.97. The Morgan fingerprint density at radius 2 is 1.49 bits per heavy atom. The molecule has 0 fully saturated rings. The first kappa shape index (κ1) is 27.2. The summed E-state index contributed by atoms with van der Waals surface area (Å²) in [7, 11) is 1.49. The third-order valence-corrected chi connectivity index (χ3v) is 5.45. The van der Waals surface area contributed by atoms with Crippen LogP contribution in [0.1, 0.15) is 33.4 Å². The van der Waals surface area contributed by atoms with Gasteiger partial charge in [-0.05, 0) is 67.6 Å². The number of fused-ring (bicyclic) bond motifs is 1. The molecular formula is C28H21F3O8. The van der Waals surface area contributed by atoms with Gasteiger partial charge in [0, 0.05) is 11.6 Å². The van der Waals surface area contributed by atoms with Crippen molar-refractivity contribution in [3.63, 3.8) is 0 Å². The third-order valence-electron chi connectivity index (χ3n) is 5.45. The normalized spacial score (nSPS) is 11.2. The van der Waals surface area contributed by atoms with E-state index < -0.39 is 41.3 Å². The zero-order valence-corrected chi connectivity index (χ0v) is 20.7. The Balaban J connectivity index is 1.60. The summed E-state index contributed by atoms with van der Waals surface area (Å²) in [5.41, 5.74) is -0.978. The fraction of sp³-hybridized carbons (Fsp3) is 0.179. The molecule has 0 atom stereocenters. The van der Waals surface area contributed by atoms with Crippen molar-refractivity contribution in [1.29, 1.82) is 0 Å². The van der Waals surface area contributed by atoms with Crippen molar-refractivity contribution >= 4 is 22.7 Å². The standard InChI is InChI=1S/C28H21F3O8/c1-3-36-27(34)17-6-10-19(11-7-17)38-25-24(33)21-13-12-20(14-23(21)39-26(25)28(29,30)31)37-15-22(32)16-4-8-18(35-2)9-5-16/h4-14H,3,15H2,1-2H3. The highest BCUT2D eigenvalue weighted by atomic mass is 19.4. The van der Waals surface area contributed by atoms with E-state index in [0.717, 1.165) is 6.07 Å². The number of benzene rings is 3. The maximum atomic E-state index is 13.9. The molecule has 0 saturated heterocycles. The molecule has 8 nitrogen and oxygen atoms in total.